The Morgan fingerprint density at radius 3 is 2.53 bits per heavy atom. The molecule has 2 aromatic rings. The molecule has 19 heavy (non-hydrogen) atoms. The van der Waals surface area contributed by atoms with Crippen molar-refractivity contribution >= 4 is 5.97 Å². The van der Waals surface area contributed by atoms with Crippen molar-refractivity contribution in [1.82, 2.24) is 0 Å². The third-order valence-electron chi connectivity index (χ3n) is 2.69. The largest absolute Gasteiger partial charge is 0.494 e. The summed E-state index contributed by atoms with van der Waals surface area (Å²) in [5.74, 6) is -2.64. The zero-order valence-corrected chi connectivity index (χ0v) is 9.98. The second-order valence-electron chi connectivity index (χ2n) is 3.82. The van der Waals surface area contributed by atoms with Gasteiger partial charge >= 0.3 is 5.97 Å². The van der Waals surface area contributed by atoms with Crippen LogP contribution in [0.25, 0.3) is 11.1 Å². The molecule has 0 atom stereocenters. The molecular formula is C14H10F2O3. The highest BCUT2D eigenvalue weighted by molar-refractivity contribution is 5.96. The van der Waals surface area contributed by atoms with Crippen LogP contribution in [0.1, 0.15) is 10.4 Å². The lowest BCUT2D eigenvalue weighted by Crippen LogP contribution is -2.01. The first-order valence-corrected chi connectivity index (χ1v) is 5.40. The van der Waals surface area contributed by atoms with Crippen LogP contribution in [0.5, 0.6) is 5.75 Å². The van der Waals surface area contributed by atoms with E-state index in [2.05, 4.69) is 0 Å². The highest BCUT2D eigenvalue weighted by atomic mass is 19.1. The van der Waals surface area contributed by atoms with Gasteiger partial charge in [0.05, 0.1) is 12.7 Å². The first-order valence-electron chi connectivity index (χ1n) is 5.40. The maximum atomic E-state index is 14.1. The van der Waals surface area contributed by atoms with E-state index in [1.165, 1.54) is 25.3 Å². The Hall–Kier alpha value is -2.43. The van der Waals surface area contributed by atoms with Crippen molar-refractivity contribution in [1.29, 1.82) is 0 Å². The fourth-order valence-electron chi connectivity index (χ4n) is 1.80. The maximum Gasteiger partial charge on any atom is 0.336 e. The number of carbonyl (C=O) groups is 1. The second kappa shape index (κ2) is 5.06. The average molecular weight is 264 g/mol. The number of carboxylic acid groups (broad SMARTS) is 1. The van der Waals surface area contributed by atoms with Crippen LogP contribution in [-0.4, -0.2) is 18.2 Å². The summed E-state index contributed by atoms with van der Waals surface area (Å²) < 4.78 is 32.2. The molecule has 2 rings (SSSR count). The zero-order valence-electron chi connectivity index (χ0n) is 9.98. The van der Waals surface area contributed by atoms with Gasteiger partial charge in [0.2, 0.25) is 0 Å². The van der Waals surface area contributed by atoms with E-state index in [1.807, 2.05) is 0 Å². The van der Waals surface area contributed by atoms with Crippen molar-refractivity contribution in [3.63, 3.8) is 0 Å². The molecule has 0 saturated heterocycles. The first-order chi connectivity index (χ1) is 9.04. The van der Waals surface area contributed by atoms with Gasteiger partial charge in [-0.15, -0.1) is 0 Å². The van der Waals surface area contributed by atoms with Crippen molar-refractivity contribution < 1.29 is 23.4 Å². The Morgan fingerprint density at radius 2 is 1.89 bits per heavy atom. The normalized spacial score (nSPS) is 10.3. The molecule has 0 amide bonds. The fraction of sp³-hybridized carbons (Fsp3) is 0.0714. The summed E-state index contributed by atoms with van der Waals surface area (Å²) in [6, 6.07) is 7.39. The van der Waals surface area contributed by atoms with Crippen molar-refractivity contribution in [2.24, 2.45) is 0 Å². The Kier molecular flexibility index (Phi) is 3.46. The molecule has 0 spiro atoms. The highest BCUT2D eigenvalue weighted by Gasteiger charge is 2.17. The lowest BCUT2D eigenvalue weighted by Gasteiger charge is -2.10. The third-order valence-corrected chi connectivity index (χ3v) is 2.69. The fourth-order valence-corrected chi connectivity index (χ4v) is 1.80. The Labute approximate surface area is 108 Å². The van der Waals surface area contributed by atoms with Gasteiger partial charge in [-0.05, 0) is 24.3 Å². The number of aromatic carboxylic acids is 1. The molecule has 0 bridgehead atoms. The number of methoxy groups -OCH3 is 1. The molecule has 2 aromatic carbocycles. The van der Waals surface area contributed by atoms with Gasteiger partial charge in [0.1, 0.15) is 5.82 Å². The van der Waals surface area contributed by atoms with Gasteiger partial charge in [-0.2, -0.15) is 0 Å². The predicted octanol–water partition coefficient (Wildman–Crippen LogP) is 3.34. The third kappa shape index (κ3) is 2.40. The molecular weight excluding hydrogens is 254 g/mol. The van der Waals surface area contributed by atoms with Gasteiger partial charge in [0.25, 0.3) is 0 Å². The Morgan fingerprint density at radius 1 is 1.16 bits per heavy atom. The molecule has 0 aromatic heterocycles. The number of ether oxygens (including phenoxy) is 1. The molecule has 0 aliphatic carbocycles. The summed E-state index contributed by atoms with van der Waals surface area (Å²) in [4.78, 5) is 11.1. The van der Waals surface area contributed by atoms with E-state index < -0.39 is 17.6 Å². The minimum Gasteiger partial charge on any atom is -0.494 e. The minimum absolute atomic E-state index is 0.0174. The smallest absolute Gasteiger partial charge is 0.336 e. The molecule has 3 nitrogen and oxygen atoms in total. The number of halogens is 2. The van der Waals surface area contributed by atoms with Crippen molar-refractivity contribution in [2.45, 2.75) is 0 Å². The number of rotatable bonds is 3. The summed E-state index contributed by atoms with van der Waals surface area (Å²) >= 11 is 0. The quantitative estimate of drug-likeness (QED) is 0.924. The van der Waals surface area contributed by atoms with Crippen molar-refractivity contribution in [2.75, 3.05) is 7.11 Å². The van der Waals surface area contributed by atoms with Gasteiger partial charge in [0, 0.05) is 11.1 Å². The van der Waals surface area contributed by atoms with Gasteiger partial charge in [-0.3, -0.25) is 0 Å². The number of carboxylic acids is 1. The van der Waals surface area contributed by atoms with Crippen LogP contribution in [0.3, 0.4) is 0 Å². The van der Waals surface area contributed by atoms with Gasteiger partial charge in [-0.1, -0.05) is 12.1 Å². The van der Waals surface area contributed by atoms with Crippen LogP contribution in [0.4, 0.5) is 8.78 Å². The van der Waals surface area contributed by atoms with E-state index in [0.717, 1.165) is 18.2 Å². The highest BCUT2D eigenvalue weighted by Crippen LogP contribution is 2.31. The second-order valence-corrected chi connectivity index (χ2v) is 3.82. The molecule has 0 radical (unpaired) electrons. The number of hydrogen-bond acceptors (Lipinski definition) is 2. The molecule has 0 aliphatic heterocycles. The Bertz CT molecular complexity index is 639. The summed E-state index contributed by atoms with van der Waals surface area (Å²) in [5, 5.41) is 9.06. The average Bonchev–Trinajstić information content (AvgIpc) is 2.38. The molecule has 0 heterocycles. The molecule has 0 aliphatic rings. The van der Waals surface area contributed by atoms with Crippen LogP contribution in [0.15, 0.2) is 36.4 Å². The van der Waals surface area contributed by atoms with Crippen molar-refractivity contribution in [3.8, 4) is 16.9 Å². The maximum absolute atomic E-state index is 14.1. The van der Waals surface area contributed by atoms with E-state index in [4.69, 9.17) is 9.84 Å². The minimum atomic E-state index is -1.25. The lowest BCUT2D eigenvalue weighted by molar-refractivity contribution is 0.0697. The molecule has 1 N–H and O–H groups in total. The van der Waals surface area contributed by atoms with Crippen LogP contribution >= 0.6 is 0 Å². The SMILES string of the molecule is COc1cccc(-c2cc(F)ccc2C(=O)O)c1F. The lowest BCUT2D eigenvalue weighted by atomic mass is 9.98. The molecule has 0 saturated carbocycles. The summed E-state index contributed by atoms with van der Waals surface area (Å²) in [7, 11) is 1.30. The van der Waals surface area contributed by atoms with E-state index >= 15 is 0 Å². The number of benzene rings is 2. The van der Waals surface area contributed by atoms with Gasteiger partial charge in [-0.25, -0.2) is 13.6 Å². The Balaban J connectivity index is 2.71. The first kappa shape index (κ1) is 13.0. The van der Waals surface area contributed by atoms with E-state index in [9.17, 15) is 13.6 Å². The monoisotopic (exact) mass is 264 g/mol. The van der Waals surface area contributed by atoms with E-state index in [0.29, 0.717) is 0 Å². The zero-order chi connectivity index (χ0) is 14.0. The van der Waals surface area contributed by atoms with Crippen molar-refractivity contribution in [3.05, 3.63) is 53.6 Å². The standard InChI is InChI=1S/C14H10F2O3/c1-19-12-4-2-3-9(13(12)16)11-7-8(15)5-6-10(11)14(17)18/h2-7H,1H3,(H,17,18). The summed E-state index contributed by atoms with van der Waals surface area (Å²) in [6.45, 7) is 0. The molecule has 98 valence electrons. The molecule has 0 fully saturated rings. The topological polar surface area (TPSA) is 46.5 Å². The van der Waals surface area contributed by atoms with E-state index in [1.54, 1.807) is 0 Å². The van der Waals surface area contributed by atoms with Crippen LogP contribution in [0, 0.1) is 11.6 Å². The predicted molar refractivity (Wildman–Crippen MR) is 65.3 cm³/mol. The van der Waals surface area contributed by atoms with Crippen LogP contribution < -0.4 is 4.74 Å². The van der Waals surface area contributed by atoms with Crippen LogP contribution in [0.2, 0.25) is 0 Å². The van der Waals surface area contributed by atoms with Crippen LogP contribution in [-0.2, 0) is 0 Å². The molecule has 0 unspecified atom stereocenters. The molecule has 5 heteroatoms. The van der Waals surface area contributed by atoms with Gasteiger partial charge in [0.15, 0.2) is 11.6 Å². The summed E-state index contributed by atoms with van der Waals surface area (Å²) in [6.07, 6.45) is 0. The van der Waals surface area contributed by atoms with Gasteiger partial charge < -0.3 is 9.84 Å². The number of hydrogen-bond donors (Lipinski definition) is 1. The summed E-state index contributed by atoms with van der Waals surface area (Å²) in [5.41, 5.74) is -0.214. The van der Waals surface area contributed by atoms with E-state index in [-0.39, 0.29) is 22.4 Å².